The molecule has 32 heavy (non-hydrogen) atoms. The van der Waals surface area contributed by atoms with Crippen LogP contribution in [0, 0.1) is 6.92 Å². The van der Waals surface area contributed by atoms with Crippen LogP contribution < -0.4 is 10.9 Å². The van der Waals surface area contributed by atoms with Gasteiger partial charge in [0.1, 0.15) is 15.8 Å². The van der Waals surface area contributed by atoms with E-state index in [1.54, 1.807) is 24.4 Å². The summed E-state index contributed by atoms with van der Waals surface area (Å²) >= 11 is 6.51. The van der Waals surface area contributed by atoms with Crippen LogP contribution in [0.1, 0.15) is 29.7 Å². The summed E-state index contributed by atoms with van der Waals surface area (Å²) in [5.41, 5.74) is 2.56. The fraction of sp³-hybridized carbons (Fsp3) is 0.167. The number of pyridine rings is 1. The summed E-state index contributed by atoms with van der Waals surface area (Å²) in [6, 6.07) is 13.5. The first-order valence-corrected chi connectivity index (χ1v) is 11.3. The lowest BCUT2D eigenvalue weighted by Gasteiger charge is -2.18. The second-order valence-electron chi connectivity index (χ2n) is 7.42. The first-order chi connectivity index (χ1) is 15.4. The van der Waals surface area contributed by atoms with E-state index in [0.717, 1.165) is 11.1 Å². The maximum Gasteiger partial charge on any atom is 0.267 e. The summed E-state index contributed by atoms with van der Waals surface area (Å²) in [5.74, 6) is 0.185. The Hall–Kier alpha value is -3.23. The molecule has 0 radical (unpaired) electrons. The minimum absolute atomic E-state index is 0.100. The third kappa shape index (κ3) is 4.11. The summed E-state index contributed by atoms with van der Waals surface area (Å²) in [5, 5.41) is 3.37. The van der Waals surface area contributed by atoms with Gasteiger partial charge in [0.25, 0.3) is 11.5 Å². The number of anilines is 1. The standard InChI is InChI=1S/C24H22N4O2S2/c1-4-12-28-23(30)19(32-24(28)31)14-18-20(25-16(3)17-10-6-5-7-11-17)26-21-15(2)9-8-13-27(21)22(18)29/h4-11,13-14,16,25H,1,12H2,2-3H3/b19-14-. The number of aromatic nitrogens is 2. The number of aryl methyl sites for hydroxylation is 1. The van der Waals surface area contributed by atoms with Crippen LogP contribution in [0.4, 0.5) is 5.82 Å². The first-order valence-electron chi connectivity index (χ1n) is 10.1. The molecule has 1 amide bonds. The normalized spacial score (nSPS) is 16.1. The predicted octanol–water partition coefficient (Wildman–Crippen LogP) is 4.56. The zero-order chi connectivity index (χ0) is 22.8. The van der Waals surface area contributed by atoms with Crippen molar-refractivity contribution >= 4 is 51.7 Å². The van der Waals surface area contributed by atoms with Crippen molar-refractivity contribution in [2.24, 2.45) is 0 Å². The van der Waals surface area contributed by atoms with E-state index in [0.29, 0.717) is 32.8 Å². The molecule has 3 aromatic rings. The number of amides is 1. The number of fused-ring (bicyclic) bond motifs is 1. The molecule has 1 aromatic carbocycles. The van der Waals surface area contributed by atoms with E-state index in [1.165, 1.54) is 21.1 Å². The second-order valence-corrected chi connectivity index (χ2v) is 9.10. The van der Waals surface area contributed by atoms with Crippen molar-refractivity contribution in [1.82, 2.24) is 14.3 Å². The third-order valence-corrected chi connectivity index (χ3v) is 6.58. The van der Waals surface area contributed by atoms with E-state index in [9.17, 15) is 9.59 Å². The minimum Gasteiger partial charge on any atom is -0.363 e. The Balaban J connectivity index is 1.85. The summed E-state index contributed by atoms with van der Waals surface area (Å²) in [6.45, 7) is 7.92. The van der Waals surface area contributed by atoms with Gasteiger partial charge in [-0.25, -0.2) is 4.98 Å². The average molecular weight is 463 g/mol. The molecule has 1 saturated heterocycles. The van der Waals surface area contributed by atoms with Gasteiger partial charge in [-0.15, -0.1) is 6.58 Å². The van der Waals surface area contributed by atoms with Gasteiger partial charge in [0.15, 0.2) is 0 Å². The van der Waals surface area contributed by atoms with Gasteiger partial charge >= 0.3 is 0 Å². The van der Waals surface area contributed by atoms with Gasteiger partial charge in [-0.05, 0) is 37.1 Å². The van der Waals surface area contributed by atoms with E-state index in [4.69, 9.17) is 17.2 Å². The van der Waals surface area contributed by atoms with Gasteiger partial charge in [-0.2, -0.15) is 0 Å². The zero-order valence-electron chi connectivity index (χ0n) is 17.7. The van der Waals surface area contributed by atoms with Crippen molar-refractivity contribution in [2.75, 3.05) is 11.9 Å². The van der Waals surface area contributed by atoms with Crippen LogP contribution in [0.2, 0.25) is 0 Å². The monoisotopic (exact) mass is 462 g/mol. The number of nitrogens with one attached hydrogen (secondary N) is 1. The van der Waals surface area contributed by atoms with E-state index in [1.807, 2.05) is 50.2 Å². The van der Waals surface area contributed by atoms with Gasteiger partial charge in [0.05, 0.1) is 10.5 Å². The molecular weight excluding hydrogens is 440 g/mol. The summed E-state index contributed by atoms with van der Waals surface area (Å²) in [7, 11) is 0. The number of hydrogen-bond donors (Lipinski definition) is 1. The molecular formula is C24H22N4O2S2. The summed E-state index contributed by atoms with van der Waals surface area (Å²) in [6.07, 6.45) is 4.90. The highest BCUT2D eigenvalue weighted by molar-refractivity contribution is 8.26. The van der Waals surface area contributed by atoms with Crippen LogP contribution in [0.15, 0.2) is 71.0 Å². The summed E-state index contributed by atoms with van der Waals surface area (Å²) in [4.78, 5) is 32.9. The molecule has 1 atom stereocenters. The number of rotatable bonds is 6. The quantitative estimate of drug-likeness (QED) is 0.329. The van der Waals surface area contributed by atoms with Crippen LogP contribution >= 0.6 is 24.0 Å². The van der Waals surface area contributed by atoms with Crippen molar-refractivity contribution in [3.63, 3.8) is 0 Å². The van der Waals surface area contributed by atoms with E-state index < -0.39 is 0 Å². The van der Waals surface area contributed by atoms with Gasteiger partial charge in [0, 0.05) is 18.8 Å². The number of carbonyl (C=O) groups is 1. The summed E-state index contributed by atoms with van der Waals surface area (Å²) < 4.78 is 1.95. The third-order valence-electron chi connectivity index (χ3n) is 5.20. The van der Waals surface area contributed by atoms with Crippen molar-refractivity contribution in [3.05, 3.63) is 93.3 Å². The SMILES string of the molecule is C=CCN1C(=O)/C(=C/c2c(NC(C)c3ccccc3)nc3c(C)cccn3c2=O)SC1=S. The van der Waals surface area contributed by atoms with Crippen molar-refractivity contribution in [1.29, 1.82) is 0 Å². The Morgan fingerprint density at radius 3 is 2.69 bits per heavy atom. The maximum absolute atomic E-state index is 13.5. The highest BCUT2D eigenvalue weighted by atomic mass is 32.2. The Kier molecular flexibility index (Phi) is 6.25. The molecule has 1 aliphatic rings. The Morgan fingerprint density at radius 2 is 1.97 bits per heavy atom. The number of thiocarbonyl (C=S) groups is 1. The number of thioether (sulfide) groups is 1. The highest BCUT2D eigenvalue weighted by Gasteiger charge is 2.32. The molecule has 1 unspecified atom stereocenters. The van der Waals surface area contributed by atoms with Crippen LogP contribution in [0.25, 0.3) is 11.7 Å². The fourth-order valence-electron chi connectivity index (χ4n) is 3.50. The molecule has 162 valence electrons. The Labute approximate surface area is 195 Å². The van der Waals surface area contributed by atoms with Crippen molar-refractivity contribution < 1.29 is 4.79 Å². The van der Waals surface area contributed by atoms with Crippen LogP contribution in [0.5, 0.6) is 0 Å². The topological polar surface area (TPSA) is 66.7 Å². The maximum atomic E-state index is 13.5. The Bertz CT molecular complexity index is 1310. The van der Waals surface area contributed by atoms with Crippen LogP contribution in [-0.4, -0.2) is 31.1 Å². The molecule has 1 aliphatic heterocycles. The number of benzene rings is 1. The first kappa shape index (κ1) is 22.0. The molecule has 1 fully saturated rings. The lowest BCUT2D eigenvalue weighted by atomic mass is 10.1. The van der Waals surface area contributed by atoms with Crippen molar-refractivity contribution in [3.8, 4) is 0 Å². The second kappa shape index (κ2) is 9.10. The average Bonchev–Trinajstić information content (AvgIpc) is 3.05. The fourth-order valence-corrected chi connectivity index (χ4v) is 4.76. The van der Waals surface area contributed by atoms with Crippen LogP contribution in [0.3, 0.4) is 0 Å². The smallest absolute Gasteiger partial charge is 0.267 e. The molecule has 4 rings (SSSR count). The number of nitrogens with zero attached hydrogens (tertiary/aromatic N) is 3. The molecule has 0 bridgehead atoms. The largest absolute Gasteiger partial charge is 0.363 e. The van der Waals surface area contributed by atoms with Gasteiger partial charge in [0.2, 0.25) is 0 Å². The lowest BCUT2D eigenvalue weighted by Crippen LogP contribution is -2.28. The van der Waals surface area contributed by atoms with E-state index in [-0.39, 0.29) is 17.5 Å². The van der Waals surface area contributed by atoms with Crippen LogP contribution in [-0.2, 0) is 4.79 Å². The molecule has 0 saturated carbocycles. The molecule has 3 heterocycles. The molecule has 6 nitrogen and oxygen atoms in total. The Morgan fingerprint density at radius 1 is 1.22 bits per heavy atom. The van der Waals surface area contributed by atoms with E-state index >= 15 is 0 Å². The van der Waals surface area contributed by atoms with Gasteiger partial charge in [-0.3, -0.25) is 18.9 Å². The lowest BCUT2D eigenvalue weighted by molar-refractivity contribution is -0.121. The molecule has 0 spiro atoms. The minimum atomic E-state index is -0.254. The number of hydrogen-bond acceptors (Lipinski definition) is 6. The molecule has 2 aromatic heterocycles. The zero-order valence-corrected chi connectivity index (χ0v) is 19.4. The van der Waals surface area contributed by atoms with Gasteiger partial charge < -0.3 is 5.32 Å². The van der Waals surface area contributed by atoms with E-state index in [2.05, 4.69) is 11.9 Å². The highest BCUT2D eigenvalue weighted by Crippen LogP contribution is 2.33. The molecule has 8 heteroatoms. The van der Waals surface area contributed by atoms with Crippen molar-refractivity contribution in [2.45, 2.75) is 19.9 Å². The molecule has 1 N–H and O–H groups in total. The molecule has 0 aliphatic carbocycles. The van der Waals surface area contributed by atoms with Gasteiger partial charge in [-0.1, -0.05) is 66.5 Å². The predicted molar refractivity (Wildman–Crippen MR) is 135 cm³/mol. The number of carbonyl (C=O) groups excluding carboxylic acids is 1.